The molecule has 0 N–H and O–H groups in total. The van der Waals surface area contributed by atoms with Crippen LogP contribution < -0.4 is 15.3 Å². The number of nitrogens with zero attached hydrogens (tertiary/aromatic N) is 1. The van der Waals surface area contributed by atoms with Crippen molar-refractivity contribution < 1.29 is 9.59 Å². The number of anilines is 3. The molecule has 2 aliphatic rings. The van der Waals surface area contributed by atoms with Crippen molar-refractivity contribution in [2.45, 2.75) is 40.3 Å². The van der Waals surface area contributed by atoms with E-state index in [0.717, 1.165) is 39.2 Å². The Hall–Kier alpha value is -5.58. The molecule has 0 radical (unpaired) electrons. The summed E-state index contributed by atoms with van der Waals surface area (Å²) in [6.07, 6.45) is 2.80. The Labute approximate surface area is 299 Å². The molecule has 0 saturated heterocycles. The number of benzene rings is 7. The minimum absolute atomic E-state index is 0.201. The maximum atomic E-state index is 13.6. The molecule has 1 heterocycles. The topological polar surface area (TPSA) is 37.4 Å². The highest BCUT2D eigenvalue weighted by atomic mass is 28.3. The predicted octanol–water partition coefficient (Wildman–Crippen LogP) is 10.8. The molecule has 0 unspecified atom stereocenters. The van der Waals surface area contributed by atoms with Gasteiger partial charge in [-0.1, -0.05) is 119 Å². The first-order valence-electron chi connectivity index (χ1n) is 17.8. The molecule has 0 atom stereocenters. The largest absolute Gasteiger partial charge is 0.311 e. The normalized spacial score (nSPS) is 15.0. The second-order valence-electron chi connectivity index (χ2n) is 16.0. The maximum Gasteiger partial charge on any atom is 0.197 e. The number of Topliss-reactive ketones (excluding diaryl/α,β-unsaturated/α-hetero) is 2. The van der Waals surface area contributed by atoms with Crippen molar-refractivity contribution in [3.8, 4) is 0 Å². The zero-order valence-electron chi connectivity index (χ0n) is 29.7. The summed E-state index contributed by atoms with van der Waals surface area (Å²) in [5.74, 6) is -0.402. The van der Waals surface area contributed by atoms with Gasteiger partial charge in [-0.2, -0.15) is 0 Å². The van der Waals surface area contributed by atoms with Crippen LogP contribution in [0.4, 0.5) is 17.1 Å². The van der Waals surface area contributed by atoms with Crippen LogP contribution in [-0.2, 0) is 6.42 Å². The summed E-state index contributed by atoms with van der Waals surface area (Å²) in [7, 11) is -2.19. The lowest BCUT2D eigenvalue weighted by atomic mass is 9.88. The molecule has 3 nitrogen and oxygen atoms in total. The van der Waals surface area contributed by atoms with Gasteiger partial charge < -0.3 is 4.90 Å². The van der Waals surface area contributed by atoms with Crippen molar-refractivity contribution in [2.24, 2.45) is 5.41 Å². The summed E-state index contributed by atoms with van der Waals surface area (Å²) in [6.45, 7) is 11.8. The third kappa shape index (κ3) is 5.16. The van der Waals surface area contributed by atoms with Gasteiger partial charge in [0.25, 0.3) is 0 Å². The molecule has 7 aromatic rings. The molecule has 0 amide bonds. The van der Waals surface area contributed by atoms with Crippen molar-refractivity contribution in [1.82, 2.24) is 0 Å². The molecular formula is C47H39NO2Si. The summed E-state index contributed by atoms with van der Waals surface area (Å²) in [5.41, 5.74) is 7.25. The quantitative estimate of drug-likeness (QED) is 0.106. The minimum atomic E-state index is -2.19. The van der Waals surface area contributed by atoms with Gasteiger partial charge in [-0.05, 0) is 114 Å². The van der Waals surface area contributed by atoms with Gasteiger partial charge >= 0.3 is 0 Å². The maximum absolute atomic E-state index is 13.6. The van der Waals surface area contributed by atoms with Crippen LogP contribution in [0.2, 0.25) is 13.1 Å². The number of carbonyl (C=O) groups excluding carboxylic acids is 2. The van der Waals surface area contributed by atoms with E-state index in [1.807, 2.05) is 42.5 Å². The molecule has 1 aliphatic carbocycles. The van der Waals surface area contributed by atoms with Gasteiger partial charge in [0.2, 0.25) is 0 Å². The number of carbonyl (C=O) groups is 2. The second-order valence-corrected chi connectivity index (χ2v) is 20.3. The summed E-state index contributed by atoms with van der Waals surface area (Å²) in [6, 6.07) is 45.2. The van der Waals surface area contributed by atoms with Crippen LogP contribution in [0.5, 0.6) is 0 Å². The van der Waals surface area contributed by atoms with E-state index < -0.39 is 8.07 Å². The average Bonchev–Trinajstić information content (AvgIpc) is 3.33. The lowest BCUT2D eigenvalue weighted by molar-refractivity contribution is 0.0990. The van der Waals surface area contributed by atoms with Crippen LogP contribution in [0.25, 0.3) is 38.4 Å². The molecule has 0 bridgehead atoms. The summed E-state index contributed by atoms with van der Waals surface area (Å²) in [4.78, 5) is 29.6. The highest BCUT2D eigenvalue weighted by Gasteiger charge is 2.39. The first kappa shape index (κ1) is 31.4. The third-order valence-electron chi connectivity index (χ3n) is 10.8. The van der Waals surface area contributed by atoms with E-state index in [1.165, 1.54) is 38.1 Å². The smallest absolute Gasteiger partial charge is 0.197 e. The van der Waals surface area contributed by atoms with Crippen molar-refractivity contribution in [1.29, 1.82) is 0 Å². The molecule has 7 aromatic carbocycles. The first-order chi connectivity index (χ1) is 24.4. The van der Waals surface area contributed by atoms with Crippen molar-refractivity contribution in [2.75, 3.05) is 4.90 Å². The Morgan fingerprint density at radius 3 is 1.61 bits per heavy atom. The number of hydrogen-bond acceptors (Lipinski definition) is 3. The average molecular weight is 678 g/mol. The van der Waals surface area contributed by atoms with Gasteiger partial charge in [-0.15, -0.1) is 0 Å². The molecule has 4 heteroatoms. The van der Waals surface area contributed by atoms with Crippen molar-refractivity contribution in [3.63, 3.8) is 0 Å². The highest BCUT2D eigenvalue weighted by Crippen LogP contribution is 2.42. The molecule has 248 valence electrons. The zero-order chi connectivity index (χ0) is 35.2. The van der Waals surface area contributed by atoms with Crippen LogP contribution >= 0.6 is 0 Å². The van der Waals surface area contributed by atoms with E-state index in [0.29, 0.717) is 11.1 Å². The Kier molecular flexibility index (Phi) is 6.90. The van der Waals surface area contributed by atoms with E-state index in [1.54, 1.807) is 6.08 Å². The Balaban J connectivity index is 1.18. The van der Waals surface area contributed by atoms with Gasteiger partial charge in [-0.3, -0.25) is 9.59 Å². The number of fused-ring (bicyclic) bond motifs is 6. The fourth-order valence-electron chi connectivity index (χ4n) is 8.23. The molecular weight excluding hydrogens is 639 g/mol. The first-order valence-corrected chi connectivity index (χ1v) is 20.8. The van der Waals surface area contributed by atoms with E-state index >= 15 is 0 Å². The van der Waals surface area contributed by atoms with Gasteiger partial charge in [0, 0.05) is 28.2 Å². The summed E-state index contributed by atoms with van der Waals surface area (Å²) in [5, 5.41) is 9.44. The van der Waals surface area contributed by atoms with Crippen LogP contribution in [-0.4, -0.2) is 19.6 Å². The molecule has 0 spiro atoms. The molecule has 0 fully saturated rings. The van der Waals surface area contributed by atoms with Crippen LogP contribution in [0, 0.1) is 5.41 Å². The number of allylic oxidation sites excluding steroid dienone is 1. The molecule has 51 heavy (non-hydrogen) atoms. The third-order valence-corrected chi connectivity index (χ3v) is 14.3. The van der Waals surface area contributed by atoms with E-state index in [4.69, 9.17) is 0 Å². The lowest BCUT2D eigenvalue weighted by Crippen LogP contribution is -2.58. The van der Waals surface area contributed by atoms with Crippen molar-refractivity contribution in [3.05, 3.63) is 155 Å². The Morgan fingerprint density at radius 1 is 0.569 bits per heavy atom. The van der Waals surface area contributed by atoms with Gasteiger partial charge in [0.15, 0.2) is 11.6 Å². The standard InChI is InChI=1S/C47H39NO2Si/c1-47(2,3)28-29-15-18-37(19-16-29)48-41-24-33-12-8-9-13-34(33)26-43(41)51(4,5)44-27-36-20-30(14-17-35(36)25-42(44)48)21-40-45(49)38-22-31-10-6-7-11-32(31)23-39(38)46(40)50/h6-27H,28H2,1-5H3. The molecule has 0 saturated carbocycles. The number of ketones is 2. The molecule has 1 aliphatic heterocycles. The predicted molar refractivity (Wildman–Crippen MR) is 217 cm³/mol. The van der Waals surface area contributed by atoms with E-state index in [2.05, 4.69) is 124 Å². The SMILES string of the molecule is CC(C)(C)Cc1ccc(N2c3cc4ccccc4cc3[Si](C)(C)c3cc4cc(C=C5C(=O)c6cc7ccccc7cc6C5=O)ccc4cc32)cc1. The van der Waals surface area contributed by atoms with Gasteiger partial charge in [0.05, 0.1) is 5.57 Å². The monoisotopic (exact) mass is 677 g/mol. The fourth-order valence-corrected chi connectivity index (χ4v) is 11.2. The second kappa shape index (κ2) is 11.2. The Bertz CT molecular complexity index is 2600. The lowest BCUT2D eigenvalue weighted by Gasteiger charge is -2.41. The highest BCUT2D eigenvalue weighted by molar-refractivity contribution is 7.03. The van der Waals surface area contributed by atoms with E-state index in [9.17, 15) is 9.59 Å². The van der Waals surface area contributed by atoms with Crippen LogP contribution in [0.1, 0.15) is 52.6 Å². The molecule has 0 aromatic heterocycles. The van der Waals surface area contributed by atoms with Gasteiger partial charge in [-0.25, -0.2) is 0 Å². The zero-order valence-corrected chi connectivity index (χ0v) is 30.7. The summed E-state index contributed by atoms with van der Waals surface area (Å²) >= 11 is 0. The van der Waals surface area contributed by atoms with Crippen LogP contribution in [0.3, 0.4) is 0 Å². The van der Waals surface area contributed by atoms with E-state index in [-0.39, 0.29) is 22.6 Å². The van der Waals surface area contributed by atoms with Gasteiger partial charge in [0.1, 0.15) is 8.07 Å². The Morgan fingerprint density at radius 2 is 1.06 bits per heavy atom. The minimum Gasteiger partial charge on any atom is -0.311 e. The summed E-state index contributed by atoms with van der Waals surface area (Å²) < 4.78 is 0. The fraction of sp³-hybridized carbons (Fsp3) is 0.149. The number of hydrogen-bond donors (Lipinski definition) is 0. The molecule has 9 rings (SSSR count). The van der Waals surface area contributed by atoms with Crippen LogP contribution in [0.15, 0.2) is 133 Å². The van der Waals surface area contributed by atoms with Crippen molar-refractivity contribution >= 4 is 85.5 Å². The number of rotatable bonds is 3.